The Morgan fingerprint density at radius 2 is 2.04 bits per heavy atom. The molecule has 2 N–H and O–H groups in total. The molecule has 0 aliphatic carbocycles. The van der Waals surface area contributed by atoms with Crippen molar-refractivity contribution in [3.63, 3.8) is 0 Å². The fourth-order valence-corrected chi connectivity index (χ4v) is 3.68. The number of ether oxygens (including phenoxy) is 1. The first-order valence-electron chi connectivity index (χ1n) is 9.13. The number of aliphatic imine (C=N–C) groups is 1. The van der Waals surface area contributed by atoms with Gasteiger partial charge in [0.2, 0.25) is 0 Å². The molecule has 1 aliphatic heterocycles. The highest BCUT2D eigenvalue weighted by molar-refractivity contribution is 7.90. The van der Waals surface area contributed by atoms with Gasteiger partial charge in [-0.3, -0.25) is 4.99 Å². The van der Waals surface area contributed by atoms with Crippen molar-refractivity contribution in [1.29, 1.82) is 0 Å². The van der Waals surface area contributed by atoms with Crippen LogP contribution < -0.4 is 15.4 Å². The number of sulfone groups is 1. The number of rotatable bonds is 8. The van der Waals surface area contributed by atoms with Gasteiger partial charge in [0.1, 0.15) is 21.7 Å². The van der Waals surface area contributed by atoms with E-state index >= 15 is 0 Å². The lowest BCUT2D eigenvalue weighted by Crippen LogP contribution is -2.42. The van der Waals surface area contributed by atoms with Gasteiger partial charge in [-0.15, -0.1) is 0 Å². The maximum Gasteiger partial charge on any atom is 0.191 e. The molecule has 1 heterocycles. The lowest BCUT2D eigenvalue weighted by molar-refractivity contribution is 0.234. The molecular formula is C19H31N3O3S. The van der Waals surface area contributed by atoms with Gasteiger partial charge in [0.05, 0.1) is 12.3 Å². The van der Waals surface area contributed by atoms with Crippen molar-refractivity contribution in [2.45, 2.75) is 39.7 Å². The van der Waals surface area contributed by atoms with E-state index in [4.69, 9.17) is 4.74 Å². The summed E-state index contributed by atoms with van der Waals surface area (Å²) < 4.78 is 28.7. The van der Waals surface area contributed by atoms with Gasteiger partial charge in [-0.2, -0.15) is 0 Å². The highest BCUT2D eigenvalue weighted by Gasteiger charge is 2.23. The molecule has 0 fully saturated rings. The van der Waals surface area contributed by atoms with Crippen LogP contribution >= 0.6 is 0 Å². The van der Waals surface area contributed by atoms with Gasteiger partial charge in [0.25, 0.3) is 0 Å². The Balaban J connectivity index is 1.87. The fraction of sp³-hybridized carbons (Fsp3) is 0.632. The van der Waals surface area contributed by atoms with Gasteiger partial charge >= 0.3 is 0 Å². The molecule has 0 bridgehead atoms. The Hall–Kier alpha value is -1.76. The molecule has 1 unspecified atom stereocenters. The van der Waals surface area contributed by atoms with E-state index in [-0.39, 0.29) is 17.3 Å². The molecular weight excluding hydrogens is 350 g/mol. The maximum atomic E-state index is 11.4. The Morgan fingerprint density at radius 1 is 1.31 bits per heavy atom. The molecule has 1 atom stereocenters. The summed E-state index contributed by atoms with van der Waals surface area (Å²) in [5.41, 5.74) is 1.06. The molecule has 6 nitrogen and oxygen atoms in total. The number of benzene rings is 1. The molecule has 0 aromatic heterocycles. The second-order valence-corrected chi connectivity index (χ2v) is 9.93. The number of nitrogens with zero attached hydrogens (tertiary/aromatic N) is 1. The van der Waals surface area contributed by atoms with Crippen LogP contribution in [0.1, 0.15) is 32.8 Å². The molecule has 2 rings (SSSR count). The second-order valence-electron chi connectivity index (χ2n) is 7.67. The highest BCUT2D eigenvalue weighted by atomic mass is 32.2. The zero-order valence-electron chi connectivity index (χ0n) is 16.2. The van der Waals surface area contributed by atoms with Crippen molar-refractivity contribution in [1.82, 2.24) is 10.6 Å². The number of fused-ring (bicyclic) bond motifs is 1. The van der Waals surface area contributed by atoms with Crippen molar-refractivity contribution in [2.24, 2.45) is 10.4 Å². The minimum atomic E-state index is -2.95. The zero-order chi connectivity index (χ0) is 19.2. The van der Waals surface area contributed by atoms with Crippen LogP contribution in [0.3, 0.4) is 0 Å². The fourth-order valence-electron chi connectivity index (χ4n) is 2.75. The largest absolute Gasteiger partial charge is 0.488 e. The summed E-state index contributed by atoms with van der Waals surface area (Å²) in [6.45, 7) is 8.10. The summed E-state index contributed by atoms with van der Waals surface area (Å²) in [7, 11) is -2.95. The second kappa shape index (κ2) is 8.75. The molecule has 1 aromatic carbocycles. The number of nitrogens with one attached hydrogen (secondary N) is 2. The predicted molar refractivity (Wildman–Crippen MR) is 107 cm³/mol. The van der Waals surface area contributed by atoms with Gasteiger partial charge in [-0.05, 0) is 30.4 Å². The van der Waals surface area contributed by atoms with E-state index in [1.165, 1.54) is 11.8 Å². The van der Waals surface area contributed by atoms with Gasteiger partial charge in [-0.1, -0.05) is 32.0 Å². The van der Waals surface area contributed by atoms with Crippen LogP contribution in [0.2, 0.25) is 0 Å². The van der Waals surface area contributed by atoms with Crippen LogP contribution in [0, 0.1) is 5.41 Å². The van der Waals surface area contributed by atoms with Gasteiger partial charge in [0.15, 0.2) is 5.96 Å². The molecule has 146 valence electrons. The molecule has 0 spiro atoms. The third-order valence-electron chi connectivity index (χ3n) is 4.37. The van der Waals surface area contributed by atoms with E-state index in [2.05, 4.69) is 21.7 Å². The van der Waals surface area contributed by atoms with E-state index in [1.807, 2.05) is 39.0 Å². The summed E-state index contributed by atoms with van der Waals surface area (Å²) in [6.07, 6.45) is 2.85. The summed E-state index contributed by atoms with van der Waals surface area (Å²) in [5, 5.41) is 6.58. The minimum absolute atomic E-state index is 0.0921. The van der Waals surface area contributed by atoms with E-state index in [9.17, 15) is 8.42 Å². The third-order valence-corrected chi connectivity index (χ3v) is 5.32. The summed E-state index contributed by atoms with van der Waals surface area (Å²) >= 11 is 0. The maximum absolute atomic E-state index is 11.4. The molecule has 1 aliphatic rings. The monoisotopic (exact) mass is 381 g/mol. The molecule has 1 aromatic rings. The van der Waals surface area contributed by atoms with E-state index in [1.54, 1.807) is 0 Å². The van der Waals surface area contributed by atoms with E-state index in [0.717, 1.165) is 24.7 Å². The van der Waals surface area contributed by atoms with Crippen LogP contribution in [0.5, 0.6) is 5.75 Å². The topological polar surface area (TPSA) is 79.8 Å². The van der Waals surface area contributed by atoms with E-state index in [0.29, 0.717) is 19.5 Å². The first-order chi connectivity index (χ1) is 12.2. The van der Waals surface area contributed by atoms with Crippen molar-refractivity contribution in [2.75, 3.05) is 31.6 Å². The standard InChI is InChI=1S/C19H31N3O3S/c1-5-20-18(22-14-19(2,3)10-11-26(4,23)24)21-13-16-12-15-8-6-7-9-17(15)25-16/h6-9,16H,5,10-14H2,1-4H3,(H2,20,21,22). The Labute approximate surface area is 157 Å². The number of hydrogen-bond donors (Lipinski definition) is 2. The number of guanidine groups is 1. The molecule has 0 amide bonds. The smallest absolute Gasteiger partial charge is 0.191 e. The SMILES string of the molecule is CCNC(=NCC(C)(C)CCS(C)(=O)=O)NCC1Cc2ccccc2O1. The summed E-state index contributed by atoms with van der Waals surface area (Å²) in [6, 6.07) is 8.11. The minimum Gasteiger partial charge on any atom is -0.488 e. The first-order valence-corrected chi connectivity index (χ1v) is 11.2. The van der Waals surface area contributed by atoms with Crippen molar-refractivity contribution in [3.8, 4) is 5.75 Å². The van der Waals surface area contributed by atoms with Crippen molar-refractivity contribution >= 4 is 15.8 Å². The molecule has 0 saturated carbocycles. The molecule has 26 heavy (non-hydrogen) atoms. The van der Waals surface area contributed by atoms with Crippen LogP contribution in [-0.4, -0.2) is 52.1 Å². The Kier molecular flexibility index (Phi) is 6.92. The van der Waals surface area contributed by atoms with Crippen molar-refractivity contribution < 1.29 is 13.2 Å². The molecule has 0 radical (unpaired) electrons. The quantitative estimate of drug-likeness (QED) is 0.532. The van der Waals surface area contributed by atoms with Crippen molar-refractivity contribution in [3.05, 3.63) is 29.8 Å². The van der Waals surface area contributed by atoms with Gasteiger partial charge in [-0.25, -0.2) is 8.42 Å². The van der Waals surface area contributed by atoms with Gasteiger partial charge in [0, 0.05) is 25.8 Å². The zero-order valence-corrected chi connectivity index (χ0v) is 17.0. The highest BCUT2D eigenvalue weighted by Crippen LogP contribution is 2.27. The lowest BCUT2D eigenvalue weighted by Gasteiger charge is -2.23. The van der Waals surface area contributed by atoms with E-state index < -0.39 is 9.84 Å². The first kappa shape index (κ1) is 20.6. The molecule has 7 heteroatoms. The summed E-state index contributed by atoms with van der Waals surface area (Å²) in [5.74, 6) is 1.89. The average Bonchev–Trinajstić information content (AvgIpc) is 2.98. The average molecular weight is 382 g/mol. The lowest BCUT2D eigenvalue weighted by atomic mass is 9.90. The number of para-hydroxylation sites is 1. The third kappa shape index (κ3) is 6.86. The Bertz CT molecular complexity index is 704. The normalized spacial score (nSPS) is 17.5. The van der Waals surface area contributed by atoms with Crippen LogP contribution in [-0.2, 0) is 16.3 Å². The number of hydrogen-bond acceptors (Lipinski definition) is 4. The Morgan fingerprint density at radius 3 is 2.69 bits per heavy atom. The predicted octanol–water partition coefficient (Wildman–Crippen LogP) is 2.01. The summed E-state index contributed by atoms with van der Waals surface area (Å²) in [4.78, 5) is 4.64. The van der Waals surface area contributed by atoms with Crippen LogP contribution in [0.15, 0.2) is 29.3 Å². The van der Waals surface area contributed by atoms with Crippen LogP contribution in [0.25, 0.3) is 0 Å². The van der Waals surface area contributed by atoms with Gasteiger partial charge < -0.3 is 15.4 Å². The van der Waals surface area contributed by atoms with Crippen LogP contribution in [0.4, 0.5) is 0 Å². The molecule has 0 saturated heterocycles.